The van der Waals surface area contributed by atoms with Crippen LogP contribution in [0.1, 0.15) is 130 Å². The van der Waals surface area contributed by atoms with Crippen LogP contribution in [-0.2, 0) is 19.1 Å². The fraction of sp³-hybridized carbons (Fsp3) is 0.844. The molecular formula is C32H58N2O6. The van der Waals surface area contributed by atoms with E-state index in [2.05, 4.69) is 24.4 Å². The first-order valence-electron chi connectivity index (χ1n) is 15.9. The van der Waals surface area contributed by atoms with Gasteiger partial charge in [-0.15, -0.1) is 0 Å². The van der Waals surface area contributed by atoms with Gasteiger partial charge in [-0.25, -0.2) is 0 Å². The second kappa shape index (κ2) is 21.8. The first-order chi connectivity index (χ1) is 19.2. The second-order valence-corrected chi connectivity index (χ2v) is 12.0. The number of ether oxygens (including phenoxy) is 1. The number of likely N-dealkylation sites (tertiary alicyclic amines) is 1. The summed E-state index contributed by atoms with van der Waals surface area (Å²) < 4.78 is 5.38. The predicted molar refractivity (Wildman–Crippen MR) is 160 cm³/mol. The summed E-state index contributed by atoms with van der Waals surface area (Å²) in [4.78, 5) is 38.7. The monoisotopic (exact) mass is 566 g/mol. The molecule has 0 aromatic heterocycles. The first kappa shape index (κ1) is 36.1. The molecule has 8 nitrogen and oxygen atoms in total. The molecule has 40 heavy (non-hydrogen) atoms. The van der Waals surface area contributed by atoms with Gasteiger partial charge < -0.3 is 25.2 Å². The maximum absolute atomic E-state index is 12.7. The van der Waals surface area contributed by atoms with Crippen molar-refractivity contribution in [2.45, 2.75) is 142 Å². The zero-order valence-electron chi connectivity index (χ0n) is 25.6. The summed E-state index contributed by atoms with van der Waals surface area (Å²) >= 11 is 0. The van der Waals surface area contributed by atoms with Gasteiger partial charge in [-0.3, -0.25) is 14.4 Å². The highest BCUT2D eigenvalue weighted by molar-refractivity contribution is 5.82. The Kier molecular flexibility index (Phi) is 19.6. The number of unbranched alkanes of at least 4 members (excludes halogenated alkanes) is 11. The van der Waals surface area contributed by atoms with Gasteiger partial charge in [-0.05, 0) is 44.9 Å². The highest BCUT2D eigenvalue weighted by Gasteiger charge is 2.33. The lowest BCUT2D eigenvalue weighted by Crippen LogP contribution is -2.46. The van der Waals surface area contributed by atoms with Gasteiger partial charge in [-0.2, -0.15) is 0 Å². The molecule has 1 fully saturated rings. The van der Waals surface area contributed by atoms with E-state index >= 15 is 0 Å². The Bertz CT molecular complexity index is 739. The van der Waals surface area contributed by atoms with Gasteiger partial charge in [0, 0.05) is 24.9 Å². The van der Waals surface area contributed by atoms with Gasteiger partial charge in [0.2, 0.25) is 11.8 Å². The molecule has 0 aromatic carbocycles. The van der Waals surface area contributed by atoms with Gasteiger partial charge in [0.05, 0.1) is 19.1 Å². The van der Waals surface area contributed by atoms with E-state index in [1.54, 1.807) is 13.8 Å². The molecule has 2 amide bonds. The highest BCUT2D eigenvalue weighted by Crippen LogP contribution is 2.21. The molecule has 0 aliphatic carbocycles. The van der Waals surface area contributed by atoms with Crippen molar-refractivity contribution in [2.24, 2.45) is 5.41 Å². The normalized spacial score (nSPS) is 16.4. The van der Waals surface area contributed by atoms with E-state index in [4.69, 9.17) is 4.74 Å². The van der Waals surface area contributed by atoms with E-state index in [0.717, 1.165) is 38.5 Å². The number of carbonyl (C=O) groups excluding carboxylic acids is 3. The molecule has 0 saturated carbocycles. The summed E-state index contributed by atoms with van der Waals surface area (Å²) in [5, 5.41) is 21.8. The molecule has 1 aliphatic rings. The third kappa shape index (κ3) is 15.8. The van der Waals surface area contributed by atoms with Crippen LogP contribution in [0.4, 0.5) is 0 Å². The number of esters is 1. The van der Waals surface area contributed by atoms with Crippen molar-refractivity contribution < 1.29 is 29.3 Å². The van der Waals surface area contributed by atoms with Gasteiger partial charge in [0.1, 0.15) is 12.7 Å². The lowest BCUT2D eigenvalue weighted by atomic mass is 9.87. The predicted octanol–water partition coefficient (Wildman–Crippen LogP) is 5.44. The largest absolute Gasteiger partial charge is 0.463 e. The molecule has 0 spiro atoms. The Labute approximate surface area is 243 Å². The van der Waals surface area contributed by atoms with Crippen molar-refractivity contribution in [3.8, 4) is 0 Å². The molecule has 1 heterocycles. The number of nitrogens with zero attached hydrogens (tertiary/aromatic N) is 1. The van der Waals surface area contributed by atoms with Crippen molar-refractivity contribution in [1.29, 1.82) is 0 Å². The minimum absolute atomic E-state index is 0.0202. The third-order valence-corrected chi connectivity index (χ3v) is 7.81. The van der Waals surface area contributed by atoms with Crippen LogP contribution in [0.5, 0.6) is 0 Å². The fourth-order valence-electron chi connectivity index (χ4n) is 4.91. The molecule has 2 atom stereocenters. The maximum Gasteiger partial charge on any atom is 0.307 e. The number of carbonyl (C=O) groups is 3. The molecule has 1 aliphatic heterocycles. The van der Waals surface area contributed by atoms with Crippen LogP contribution < -0.4 is 5.32 Å². The van der Waals surface area contributed by atoms with Crippen molar-refractivity contribution >= 4 is 17.8 Å². The summed E-state index contributed by atoms with van der Waals surface area (Å²) in [5.74, 6) is -0.938. The molecule has 8 heteroatoms. The van der Waals surface area contributed by atoms with Crippen LogP contribution in [0.3, 0.4) is 0 Å². The summed E-state index contributed by atoms with van der Waals surface area (Å²) in [6.07, 6.45) is 21.5. The van der Waals surface area contributed by atoms with Crippen LogP contribution >= 0.6 is 0 Å². The molecule has 1 unspecified atom stereocenters. The number of nitrogens with one attached hydrogen (secondary N) is 1. The van der Waals surface area contributed by atoms with Crippen LogP contribution in [0.2, 0.25) is 0 Å². The van der Waals surface area contributed by atoms with Crippen molar-refractivity contribution in [1.82, 2.24) is 10.2 Å². The van der Waals surface area contributed by atoms with Crippen molar-refractivity contribution in [3.63, 3.8) is 0 Å². The molecule has 0 bridgehead atoms. The Balaban J connectivity index is 2.10. The Morgan fingerprint density at radius 2 is 1.55 bits per heavy atom. The van der Waals surface area contributed by atoms with Crippen molar-refractivity contribution in [2.75, 3.05) is 26.3 Å². The quantitative estimate of drug-likeness (QED) is 0.0861. The van der Waals surface area contributed by atoms with Gasteiger partial charge in [-0.1, -0.05) is 84.3 Å². The Hall–Kier alpha value is -1.93. The topological polar surface area (TPSA) is 116 Å². The van der Waals surface area contributed by atoms with Crippen molar-refractivity contribution in [3.05, 3.63) is 12.2 Å². The molecule has 3 N–H and O–H groups in total. The molecule has 1 saturated heterocycles. The number of hydrogen-bond acceptors (Lipinski definition) is 6. The summed E-state index contributed by atoms with van der Waals surface area (Å²) in [7, 11) is 0. The third-order valence-electron chi connectivity index (χ3n) is 7.81. The summed E-state index contributed by atoms with van der Waals surface area (Å²) in [5.41, 5.74) is -0.965. The Morgan fingerprint density at radius 1 is 0.950 bits per heavy atom. The molecule has 0 radical (unpaired) electrons. The van der Waals surface area contributed by atoms with E-state index in [-0.39, 0.29) is 38.1 Å². The van der Waals surface area contributed by atoms with Crippen LogP contribution in [0.15, 0.2) is 12.2 Å². The fourth-order valence-corrected chi connectivity index (χ4v) is 4.91. The van der Waals surface area contributed by atoms with Crippen LogP contribution in [0, 0.1) is 5.41 Å². The molecule has 0 aromatic rings. The lowest BCUT2D eigenvalue weighted by Gasteiger charge is -2.27. The number of amides is 2. The first-order valence-corrected chi connectivity index (χ1v) is 15.9. The van der Waals surface area contributed by atoms with Gasteiger partial charge in [0.15, 0.2) is 0 Å². The smallest absolute Gasteiger partial charge is 0.307 e. The van der Waals surface area contributed by atoms with Crippen LogP contribution in [0.25, 0.3) is 0 Å². The van der Waals surface area contributed by atoms with E-state index in [9.17, 15) is 24.6 Å². The van der Waals surface area contributed by atoms with Gasteiger partial charge in [0.25, 0.3) is 0 Å². The maximum atomic E-state index is 12.7. The SMILES string of the molecule is CCCCCCCC/C=C\CCCCCCCC(=O)N1CCC[C@H]1COC(=O)CCNC(=O)C(O)C(C)(C)CO. The summed E-state index contributed by atoms with van der Waals surface area (Å²) in [6.45, 7) is 6.00. The summed E-state index contributed by atoms with van der Waals surface area (Å²) in [6, 6.07) is -0.0821. The average Bonchev–Trinajstić information content (AvgIpc) is 3.42. The van der Waals surface area contributed by atoms with Gasteiger partial charge >= 0.3 is 5.97 Å². The Morgan fingerprint density at radius 3 is 2.17 bits per heavy atom. The number of rotatable bonds is 23. The second-order valence-electron chi connectivity index (χ2n) is 12.0. The molecule has 232 valence electrons. The lowest BCUT2D eigenvalue weighted by molar-refractivity contribution is -0.147. The zero-order chi connectivity index (χ0) is 29.6. The van der Waals surface area contributed by atoms with Crippen LogP contribution in [-0.4, -0.2) is 71.3 Å². The number of allylic oxidation sites excluding steroid dienone is 2. The highest BCUT2D eigenvalue weighted by atomic mass is 16.5. The average molecular weight is 567 g/mol. The molecule has 1 rings (SSSR count). The van der Waals surface area contributed by atoms with E-state index in [0.29, 0.717) is 13.0 Å². The van der Waals surface area contributed by atoms with E-state index in [1.807, 2.05) is 4.90 Å². The standard InChI is InChI=1S/C32H58N2O6/c1-4-5-6-7-8-9-10-11-12-13-14-15-16-17-18-21-28(36)34-24-19-20-27(34)25-40-29(37)22-23-33-31(39)30(38)32(2,3)26-35/h11-12,27,30,35,38H,4-10,13-26H2,1-3H3,(H,33,39)/b12-11-/t27-,30?/m0/s1. The number of aliphatic hydroxyl groups is 2. The minimum atomic E-state index is -1.37. The van der Waals surface area contributed by atoms with E-state index < -0.39 is 23.4 Å². The molecular weight excluding hydrogens is 508 g/mol. The van der Waals surface area contributed by atoms with E-state index in [1.165, 1.54) is 57.8 Å². The number of aliphatic hydroxyl groups excluding tert-OH is 2. The minimum Gasteiger partial charge on any atom is -0.463 e. The number of hydrogen-bond donors (Lipinski definition) is 3. The zero-order valence-corrected chi connectivity index (χ0v) is 25.6.